The van der Waals surface area contributed by atoms with Crippen molar-refractivity contribution in [1.29, 1.82) is 0 Å². The number of hydrogen-bond donors (Lipinski definition) is 0. The molecule has 0 radical (unpaired) electrons. The van der Waals surface area contributed by atoms with Crippen LogP contribution in [0.1, 0.15) is 21.5 Å². The van der Waals surface area contributed by atoms with Crippen LogP contribution in [0.15, 0.2) is 48.0 Å². The van der Waals surface area contributed by atoms with E-state index < -0.39 is 0 Å². The molecule has 0 saturated heterocycles. The van der Waals surface area contributed by atoms with E-state index in [1.807, 2.05) is 25.2 Å². The second-order valence-corrected chi connectivity index (χ2v) is 6.07. The SMILES string of the molecule is Cc1ccc(CN(C)C(=O)c2ccc3ncsc3c2)cc1. The Morgan fingerprint density at radius 2 is 1.95 bits per heavy atom. The second-order valence-electron chi connectivity index (χ2n) is 5.18. The van der Waals surface area contributed by atoms with Gasteiger partial charge in [0.15, 0.2) is 0 Å². The number of aromatic nitrogens is 1. The standard InChI is InChI=1S/C17H16N2OS/c1-12-3-5-13(6-4-12)10-19(2)17(20)14-7-8-15-16(9-14)21-11-18-15/h3-9,11H,10H2,1-2H3. The van der Waals surface area contributed by atoms with E-state index in [4.69, 9.17) is 0 Å². The first kappa shape index (κ1) is 13.8. The van der Waals surface area contributed by atoms with Crippen LogP contribution in [0.3, 0.4) is 0 Å². The van der Waals surface area contributed by atoms with Gasteiger partial charge in [-0.15, -0.1) is 11.3 Å². The molecule has 0 aliphatic heterocycles. The highest BCUT2D eigenvalue weighted by Gasteiger charge is 2.13. The number of benzene rings is 2. The van der Waals surface area contributed by atoms with Gasteiger partial charge in [-0.25, -0.2) is 4.98 Å². The van der Waals surface area contributed by atoms with Gasteiger partial charge in [-0.1, -0.05) is 29.8 Å². The van der Waals surface area contributed by atoms with Crippen molar-refractivity contribution in [3.05, 3.63) is 64.7 Å². The van der Waals surface area contributed by atoms with Crippen molar-refractivity contribution >= 4 is 27.5 Å². The van der Waals surface area contributed by atoms with Crippen LogP contribution in [0.4, 0.5) is 0 Å². The van der Waals surface area contributed by atoms with E-state index in [9.17, 15) is 4.79 Å². The van der Waals surface area contributed by atoms with Crippen molar-refractivity contribution in [3.8, 4) is 0 Å². The van der Waals surface area contributed by atoms with Gasteiger partial charge < -0.3 is 4.90 Å². The van der Waals surface area contributed by atoms with E-state index in [0.29, 0.717) is 12.1 Å². The first-order valence-corrected chi connectivity index (χ1v) is 7.66. The molecule has 3 rings (SSSR count). The lowest BCUT2D eigenvalue weighted by molar-refractivity contribution is 0.0785. The van der Waals surface area contributed by atoms with Crippen molar-refractivity contribution < 1.29 is 4.79 Å². The molecule has 0 saturated carbocycles. The van der Waals surface area contributed by atoms with Crippen LogP contribution in [0.5, 0.6) is 0 Å². The molecule has 106 valence electrons. The summed E-state index contributed by atoms with van der Waals surface area (Å²) in [4.78, 5) is 18.5. The fraction of sp³-hybridized carbons (Fsp3) is 0.176. The molecule has 1 amide bonds. The Morgan fingerprint density at radius 1 is 1.19 bits per heavy atom. The zero-order valence-electron chi connectivity index (χ0n) is 12.0. The number of fused-ring (bicyclic) bond motifs is 1. The van der Waals surface area contributed by atoms with Crippen molar-refractivity contribution in [3.63, 3.8) is 0 Å². The number of nitrogens with zero attached hydrogens (tertiary/aromatic N) is 2. The molecule has 0 aliphatic carbocycles. The zero-order valence-corrected chi connectivity index (χ0v) is 12.9. The maximum absolute atomic E-state index is 12.5. The van der Waals surface area contributed by atoms with E-state index >= 15 is 0 Å². The van der Waals surface area contributed by atoms with Crippen molar-refractivity contribution in [1.82, 2.24) is 9.88 Å². The summed E-state index contributed by atoms with van der Waals surface area (Å²) in [5.74, 6) is 0.0332. The number of rotatable bonds is 3. The highest BCUT2D eigenvalue weighted by atomic mass is 32.1. The highest BCUT2D eigenvalue weighted by Crippen LogP contribution is 2.20. The minimum absolute atomic E-state index is 0.0332. The van der Waals surface area contributed by atoms with E-state index in [0.717, 1.165) is 15.8 Å². The molecule has 3 aromatic rings. The van der Waals surface area contributed by atoms with Gasteiger partial charge in [-0.2, -0.15) is 0 Å². The van der Waals surface area contributed by atoms with Crippen LogP contribution < -0.4 is 0 Å². The van der Waals surface area contributed by atoms with Gasteiger partial charge in [0.1, 0.15) is 0 Å². The van der Waals surface area contributed by atoms with E-state index in [1.165, 1.54) is 5.56 Å². The fourth-order valence-electron chi connectivity index (χ4n) is 2.25. The Kier molecular flexibility index (Phi) is 3.71. The Morgan fingerprint density at radius 3 is 2.71 bits per heavy atom. The molecule has 0 N–H and O–H groups in total. The molecule has 0 fully saturated rings. The zero-order chi connectivity index (χ0) is 14.8. The third-order valence-electron chi connectivity index (χ3n) is 3.47. The predicted molar refractivity (Wildman–Crippen MR) is 86.6 cm³/mol. The second kappa shape index (κ2) is 5.66. The smallest absolute Gasteiger partial charge is 0.253 e. The highest BCUT2D eigenvalue weighted by molar-refractivity contribution is 7.16. The van der Waals surface area contributed by atoms with Crippen molar-refractivity contribution in [2.45, 2.75) is 13.5 Å². The van der Waals surface area contributed by atoms with Crippen LogP contribution in [-0.4, -0.2) is 22.8 Å². The Balaban J connectivity index is 1.78. The van der Waals surface area contributed by atoms with Gasteiger partial charge >= 0.3 is 0 Å². The molecule has 3 nitrogen and oxygen atoms in total. The molecule has 2 aromatic carbocycles. The first-order chi connectivity index (χ1) is 10.1. The summed E-state index contributed by atoms with van der Waals surface area (Å²) in [5, 5.41) is 0. The summed E-state index contributed by atoms with van der Waals surface area (Å²) in [7, 11) is 1.83. The molecule has 0 bridgehead atoms. The van der Waals surface area contributed by atoms with Crippen molar-refractivity contribution in [2.75, 3.05) is 7.05 Å². The average Bonchev–Trinajstić information content (AvgIpc) is 2.96. The van der Waals surface area contributed by atoms with E-state index in [-0.39, 0.29) is 5.91 Å². The molecule has 4 heteroatoms. The lowest BCUT2D eigenvalue weighted by Gasteiger charge is -2.17. The fourth-order valence-corrected chi connectivity index (χ4v) is 2.96. The molecule has 0 atom stereocenters. The third kappa shape index (κ3) is 2.95. The summed E-state index contributed by atoms with van der Waals surface area (Å²) >= 11 is 1.55. The molecule has 0 unspecified atom stereocenters. The maximum atomic E-state index is 12.5. The van der Waals surface area contributed by atoms with Gasteiger partial charge in [0.05, 0.1) is 15.7 Å². The van der Waals surface area contributed by atoms with Gasteiger partial charge in [-0.05, 0) is 30.7 Å². The first-order valence-electron chi connectivity index (χ1n) is 6.78. The lowest BCUT2D eigenvalue weighted by atomic mass is 10.1. The van der Waals surface area contributed by atoms with Gasteiger partial charge in [0.25, 0.3) is 5.91 Å². The molecular formula is C17H16N2OS. The minimum atomic E-state index is 0.0332. The summed E-state index contributed by atoms with van der Waals surface area (Å²) in [6, 6.07) is 13.9. The molecule has 0 aliphatic rings. The minimum Gasteiger partial charge on any atom is -0.337 e. The number of carbonyl (C=O) groups is 1. The molecule has 21 heavy (non-hydrogen) atoms. The van der Waals surface area contributed by atoms with Crippen LogP contribution >= 0.6 is 11.3 Å². The maximum Gasteiger partial charge on any atom is 0.253 e. The van der Waals surface area contributed by atoms with Crippen LogP contribution in [0.25, 0.3) is 10.2 Å². The topological polar surface area (TPSA) is 33.2 Å². The van der Waals surface area contributed by atoms with Crippen molar-refractivity contribution in [2.24, 2.45) is 0 Å². The summed E-state index contributed by atoms with van der Waals surface area (Å²) in [6.45, 7) is 2.67. The Labute approximate surface area is 127 Å². The predicted octanol–water partition coefficient (Wildman–Crippen LogP) is 3.88. The average molecular weight is 296 g/mol. The van der Waals surface area contributed by atoms with Crippen LogP contribution in [0.2, 0.25) is 0 Å². The summed E-state index contributed by atoms with van der Waals surface area (Å²) < 4.78 is 1.05. The lowest BCUT2D eigenvalue weighted by Crippen LogP contribution is -2.26. The third-order valence-corrected chi connectivity index (χ3v) is 4.26. The van der Waals surface area contributed by atoms with Crippen LogP contribution in [0, 0.1) is 6.92 Å². The number of amides is 1. The van der Waals surface area contributed by atoms with Gasteiger partial charge in [0, 0.05) is 19.2 Å². The number of carbonyl (C=O) groups excluding carboxylic acids is 1. The molecule has 1 aromatic heterocycles. The van der Waals surface area contributed by atoms with E-state index in [2.05, 4.69) is 36.2 Å². The molecule has 1 heterocycles. The molecule has 0 spiro atoms. The van der Waals surface area contributed by atoms with Crippen LogP contribution in [-0.2, 0) is 6.54 Å². The van der Waals surface area contributed by atoms with E-state index in [1.54, 1.807) is 21.7 Å². The molecular weight excluding hydrogens is 280 g/mol. The summed E-state index contributed by atoms with van der Waals surface area (Å²) in [6.07, 6.45) is 0. The van der Waals surface area contributed by atoms with Gasteiger partial charge in [0.2, 0.25) is 0 Å². The number of thiazole rings is 1. The monoisotopic (exact) mass is 296 g/mol. The Bertz CT molecular complexity index is 777. The quantitative estimate of drug-likeness (QED) is 0.735. The Hall–Kier alpha value is -2.20. The van der Waals surface area contributed by atoms with Gasteiger partial charge in [-0.3, -0.25) is 4.79 Å². The summed E-state index contributed by atoms with van der Waals surface area (Å²) in [5.41, 5.74) is 5.81. The largest absolute Gasteiger partial charge is 0.337 e. The number of aryl methyl sites for hydroxylation is 1. The number of hydrogen-bond acceptors (Lipinski definition) is 3. The normalized spacial score (nSPS) is 10.8.